The number of carbonyl (C=O) groups excluding carboxylic acids is 1. The number of hydrogen-bond donors (Lipinski definition) is 0. The first kappa shape index (κ1) is 21.2. The first-order chi connectivity index (χ1) is 10.6. The molecule has 0 aromatic carbocycles. The zero-order chi connectivity index (χ0) is 16.1. The normalized spacial score (nSPS) is 10.6. The maximum atomic E-state index is 12.2. The maximum absolute atomic E-state index is 12.2. The number of aromatic nitrogens is 2. The van der Waals surface area contributed by atoms with Crippen LogP contribution in [0.4, 0.5) is 0 Å². The molecule has 2 rings (SSSR count). The summed E-state index contributed by atoms with van der Waals surface area (Å²) in [4.78, 5) is 21.4. The van der Waals surface area contributed by atoms with Crippen LogP contribution in [-0.2, 0) is 22.5 Å². The van der Waals surface area contributed by atoms with Crippen LogP contribution in [0.3, 0.4) is 0 Å². The number of aryl methyl sites for hydroxylation is 2. The zero-order valence-electron chi connectivity index (χ0n) is 14.6. The van der Waals surface area contributed by atoms with Gasteiger partial charge in [0.05, 0.1) is 12.6 Å². The maximum Gasteiger partial charge on any atom is 0.295 e. The van der Waals surface area contributed by atoms with Gasteiger partial charge in [-0.05, 0) is 24.5 Å². The standard InChI is InChI=1S/C16H23N3O3.Cs/c1-5-12-11-19(7-6-8-21-3)15-9-14(17-10-13(12)15)16(20)18(2)22-4;/h9-11H,5-8H2,1-4H3;. The molecule has 2 aromatic heterocycles. The van der Waals surface area contributed by atoms with E-state index in [2.05, 4.69) is 22.7 Å². The van der Waals surface area contributed by atoms with Gasteiger partial charge in [0.15, 0.2) is 0 Å². The number of fused-ring (bicyclic) bond motifs is 1. The van der Waals surface area contributed by atoms with Crippen LogP contribution in [0.2, 0.25) is 0 Å². The van der Waals surface area contributed by atoms with E-state index < -0.39 is 0 Å². The fraction of sp³-hybridized carbons (Fsp3) is 0.500. The summed E-state index contributed by atoms with van der Waals surface area (Å²) in [6, 6.07) is 1.83. The third kappa shape index (κ3) is 5.05. The van der Waals surface area contributed by atoms with Crippen molar-refractivity contribution in [2.75, 3.05) is 27.9 Å². The van der Waals surface area contributed by atoms with Crippen LogP contribution in [0.25, 0.3) is 10.9 Å². The van der Waals surface area contributed by atoms with E-state index in [1.807, 2.05) is 6.07 Å². The third-order valence-corrected chi connectivity index (χ3v) is 3.76. The predicted molar refractivity (Wildman–Crippen MR) is 90.5 cm³/mol. The Morgan fingerprint density at radius 2 is 2.13 bits per heavy atom. The molecule has 0 unspecified atom stereocenters. The minimum absolute atomic E-state index is 0. The van der Waals surface area contributed by atoms with Gasteiger partial charge >= 0.3 is 0 Å². The van der Waals surface area contributed by atoms with Crippen LogP contribution < -0.4 is 0 Å². The second-order valence-electron chi connectivity index (χ2n) is 5.12. The Bertz CT molecular complexity index is 657. The molecule has 121 valence electrons. The molecule has 0 atom stereocenters. The molecule has 0 bridgehead atoms. The summed E-state index contributed by atoms with van der Waals surface area (Å²) < 4.78 is 7.28. The smallest absolute Gasteiger partial charge is 0.295 e. The number of ether oxygens (including phenoxy) is 1. The molecule has 2 aromatic rings. The molecule has 23 heavy (non-hydrogen) atoms. The van der Waals surface area contributed by atoms with Gasteiger partial charge in [0.25, 0.3) is 5.91 Å². The summed E-state index contributed by atoms with van der Waals surface area (Å²) in [6.07, 6.45) is 5.77. The van der Waals surface area contributed by atoms with Crippen molar-refractivity contribution in [3.8, 4) is 0 Å². The number of hydroxylamine groups is 2. The Hall–Kier alpha value is 0.132. The number of rotatable bonds is 7. The second-order valence-corrected chi connectivity index (χ2v) is 5.12. The summed E-state index contributed by atoms with van der Waals surface area (Å²) in [5, 5.41) is 2.27. The minimum atomic E-state index is -0.257. The number of hydrogen-bond acceptors (Lipinski definition) is 4. The van der Waals surface area contributed by atoms with Crippen LogP contribution in [0.15, 0.2) is 18.5 Å². The van der Waals surface area contributed by atoms with Crippen LogP contribution in [0, 0.1) is 0 Å². The number of pyridine rings is 1. The second kappa shape index (κ2) is 10.2. The van der Waals surface area contributed by atoms with Crippen molar-refractivity contribution in [3.63, 3.8) is 0 Å². The van der Waals surface area contributed by atoms with Gasteiger partial charge in [0.1, 0.15) is 5.69 Å². The van der Waals surface area contributed by atoms with Gasteiger partial charge in [-0.3, -0.25) is 14.6 Å². The predicted octanol–water partition coefficient (Wildman–Crippen LogP) is 1.89. The molecule has 0 N–H and O–H groups in total. The fourth-order valence-electron chi connectivity index (χ4n) is 2.46. The van der Waals surface area contributed by atoms with Gasteiger partial charge < -0.3 is 9.30 Å². The zero-order valence-corrected chi connectivity index (χ0v) is 20.9. The topological polar surface area (TPSA) is 56.6 Å². The molecular formula is C16H23CsN3O3. The van der Waals surface area contributed by atoms with Crippen LogP contribution in [-0.4, -0.2) is 117 Å². The number of methoxy groups -OCH3 is 1. The van der Waals surface area contributed by atoms with Gasteiger partial charge in [-0.15, -0.1) is 0 Å². The molecule has 0 saturated heterocycles. The quantitative estimate of drug-likeness (QED) is 0.490. The molecule has 0 aliphatic rings. The molecule has 0 fully saturated rings. The summed E-state index contributed by atoms with van der Waals surface area (Å²) in [5.74, 6) is -0.257. The Morgan fingerprint density at radius 1 is 1.39 bits per heavy atom. The van der Waals surface area contributed by atoms with Crippen molar-refractivity contribution in [2.24, 2.45) is 0 Å². The molecule has 0 aliphatic carbocycles. The van der Waals surface area contributed by atoms with Crippen molar-refractivity contribution < 1.29 is 14.4 Å². The van der Waals surface area contributed by atoms with E-state index in [-0.39, 0.29) is 74.8 Å². The van der Waals surface area contributed by atoms with Crippen LogP contribution in [0.5, 0.6) is 0 Å². The Balaban J connectivity index is 0.00000264. The fourth-order valence-corrected chi connectivity index (χ4v) is 2.46. The van der Waals surface area contributed by atoms with E-state index in [0.29, 0.717) is 12.3 Å². The molecule has 0 saturated carbocycles. The summed E-state index contributed by atoms with van der Waals surface area (Å²) in [6.45, 7) is 3.68. The molecule has 6 nitrogen and oxygen atoms in total. The van der Waals surface area contributed by atoms with Crippen molar-refractivity contribution in [3.05, 3.63) is 29.7 Å². The van der Waals surface area contributed by atoms with E-state index in [4.69, 9.17) is 9.57 Å². The van der Waals surface area contributed by atoms with Gasteiger partial charge in [0, 0.05) is 114 Å². The van der Waals surface area contributed by atoms with E-state index >= 15 is 0 Å². The van der Waals surface area contributed by atoms with E-state index in [1.165, 1.54) is 17.7 Å². The molecule has 1 radical (unpaired) electrons. The summed E-state index contributed by atoms with van der Waals surface area (Å²) in [5.41, 5.74) is 2.64. The first-order valence-corrected chi connectivity index (χ1v) is 7.41. The van der Waals surface area contributed by atoms with E-state index in [9.17, 15) is 4.79 Å². The van der Waals surface area contributed by atoms with Crippen molar-refractivity contribution >= 4 is 85.7 Å². The van der Waals surface area contributed by atoms with Crippen molar-refractivity contribution in [2.45, 2.75) is 26.3 Å². The van der Waals surface area contributed by atoms with Gasteiger partial charge in [-0.2, -0.15) is 0 Å². The number of nitrogens with zero attached hydrogens (tertiary/aromatic N) is 3. The van der Waals surface area contributed by atoms with Gasteiger partial charge in [-0.1, -0.05) is 6.92 Å². The summed E-state index contributed by atoms with van der Waals surface area (Å²) in [7, 11) is 4.73. The average molecular weight is 438 g/mol. The SMILES string of the molecule is CCc1cn(CCCOC)c2cc(C(=O)N(C)OC)ncc12.[Cs]. The Labute approximate surface area is 195 Å². The van der Waals surface area contributed by atoms with Crippen LogP contribution in [0.1, 0.15) is 29.4 Å². The molecule has 0 spiro atoms. The number of carbonyl (C=O) groups is 1. The molecule has 1 amide bonds. The van der Waals surface area contributed by atoms with Gasteiger partial charge in [0.2, 0.25) is 0 Å². The van der Waals surface area contributed by atoms with Crippen molar-refractivity contribution in [1.82, 2.24) is 14.6 Å². The van der Waals surface area contributed by atoms with Crippen LogP contribution >= 0.6 is 0 Å². The molecule has 2 heterocycles. The van der Waals surface area contributed by atoms with E-state index in [1.54, 1.807) is 20.4 Å². The largest absolute Gasteiger partial charge is 0.385 e. The third-order valence-electron chi connectivity index (χ3n) is 3.76. The minimum Gasteiger partial charge on any atom is -0.385 e. The molecule has 7 heteroatoms. The first-order valence-electron chi connectivity index (χ1n) is 7.41. The monoisotopic (exact) mass is 438 g/mol. The van der Waals surface area contributed by atoms with Gasteiger partial charge in [-0.25, -0.2) is 5.06 Å². The average Bonchev–Trinajstić information content (AvgIpc) is 2.91. The molecular weight excluding hydrogens is 415 g/mol. The van der Waals surface area contributed by atoms with E-state index in [0.717, 1.165) is 30.3 Å². The molecule has 0 aliphatic heterocycles. The Morgan fingerprint density at radius 3 is 2.74 bits per heavy atom. The van der Waals surface area contributed by atoms with Crippen molar-refractivity contribution in [1.29, 1.82) is 0 Å². The Kier molecular flexibility index (Phi) is 9.39. The number of amides is 1. The summed E-state index contributed by atoms with van der Waals surface area (Å²) >= 11 is 0.